The van der Waals surface area contributed by atoms with Gasteiger partial charge in [-0.2, -0.15) is 0 Å². The number of hydrogen-bond acceptors (Lipinski definition) is 3. The zero-order chi connectivity index (χ0) is 16.0. The third kappa shape index (κ3) is 2.35. The van der Waals surface area contributed by atoms with Gasteiger partial charge in [0.15, 0.2) is 5.11 Å². The molecule has 0 saturated carbocycles. The first-order chi connectivity index (χ1) is 11.2. The van der Waals surface area contributed by atoms with E-state index in [1.807, 2.05) is 30.3 Å². The number of amides is 1. The van der Waals surface area contributed by atoms with Gasteiger partial charge in [0, 0.05) is 5.75 Å². The maximum absolute atomic E-state index is 12.8. The zero-order valence-corrected chi connectivity index (χ0v) is 14.3. The minimum absolute atomic E-state index is 0.0864. The van der Waals surface area contributed by atoms with E-state index in [0.29, 0.717) is 5.11 Å². The van der Waals surface area contributed by atoms with Crippen molar-refractivity contribution in [1.29, 1.82) is 0 Å². The maximum atomic E-state index is 12.8. The molecule has 0 spiro atoms. The molecule has 5 heteroatoms. The smallest absolute Gasteiger partial charge is 0.257 e. The maximum Gasteiger partial charge on any atom is 0.257 e. The second-order valence-corrected chi connectivity index (χ2v) is 7.29. The van der Waals surface area contributed by atoms with E-state index < -0.39 is 0 Å². The number of rotatable bonds is 2. The fourth-order valence-corrected chi connectivity index (χ4v) is 5.01. The fourth-order valence-electron chi connectivity index (χ4n) is 3.09. The number of thioether (sulfide) groups is 1. The Labute approximate surface area is 145 Å². The average molecular weight is 340 g/mol. The molecule has 2 heterocycles. The monoisotopic (exact) mass is 340 g/mol. The highest BCUT2D eigenvalue weighted by atomic mass is 32.2. The van der Waals surface area contributed by atoms with Crippen molar-refractivity contribution < 1.29 is 4.79 Å². The molecule has 0 aromatic heterocycles. The van der Waals surface area contributed by atoms with E-state index in [-0.39, 0.29) is 17.3 Å². The molecule has 0 N–H and O–H groups in total. The summed E-state index contributed by atoms with van der Waals surface area (Å²) >= 11 is 7.45. The fraction of sp³-hybridized carbons (Fsp3) is 0.222. The number of aryl methyl sites for hydroxylation is 1. The molecule has 2 saturated heterocycles. The van der Waals surface area contributed by atoms with Crippen LogP contribution in [0.3, 0.4) is 0 Å². The molecule has 3 nitrogen and oxygen atoms in total. The molecule has 116 valence electrons. The Morgan fingerprint density at radius 1 is 1.09 bits per heavy atom. The summed E-state index contributed by atoms with van der Waals surface area (Å²) < 4.78 is 0. The Morgan fingerprint density at radius 3 is 2.48 bits per heavy atom. The van der Waals surface area contributed by atoms with Gasteiger partial charge in [0.25, 0.3) is 5.91 Å². The van der Waals surface area contributed by atoms with E-state index in [1.165, 1.54) is 11.1 Å². The van der Waals surface area contributed by atoms with E-state index in [2.05, 4.69) is 36.1 Å². The van der Waals surface area contributed by atoms with Crippen molar-refractivity contribution in [1.82, 2.24) is 4.90 Å². The normalized spacial score (nSPS) is 23.5. The number of carbonyl (C=O) groups excluding carboxylic acids is 1. The highest BCUT2D eigenvalue weighted by molar-refractivity contribution is 7.99. The van der Waals surface area contributed by atoms with Crippen molar-refractivity contribution in [2.75, 3.05) is 10.7 Å². The Hall–Kier alpha value is -1.85. The summed E-state index contributed by atoms with van der Waals surface area (Å²) in [4.78, 5) is 16.6. The lowest BCUT2D eigenvalue weighted by Gasteiger charge is -2.25. The van der Waals surface area contributed by atoms with Crippen molar-refractivity contribution in [2.24, 2.45) is 0 Å². The van der Waals surface area contributed by atoms with Crippen molar-refractivity contribution in [3.8, 4) is 0 Å². The van der Waals surface area contributed by atoms with Crippen LogP contribution < -0.4 is 4.90 Å². The molecule has 2 fully saturated rings. The van der Waals surface area contributed by atoms with Crippen LogP contribution in [-0.2, 0) is 4.79 Å². The van der Waals surface area contributed by atoms with Crippen LogP contribution in [0.2, 0.25) is 0 Å². The van der Waals surface area contributed by atoms with Gasteiger partial charge in [0.2, 0.25) is 0 Å². The molecule has 2 aliphatic heterocycles. The molecule has 23 heavy (non-hydrogen) atoms. The molecule has 2 atom stereocenters. The molecule has 4 rings (SSSR count). The number of nitrogens with zero attached hydrogens (tertiary/aromatic N) is 2. The van der Waals surface area contributed by atoms with Gasteiger partial charge in [-0.25, -0.2) is 0 Å². The van der Waals surface area contributed by atoms with Gasteiger partial charge in [-0.3, -0.25) is 9.69 Å². The van der Waals surface area contributed by atoms with Crippen molar-refractivity contribution in [3.05, 3.63) is 65.7 Å². The number of anilines is 1. The predicted octanol–water partition coefficient (Wildman–Crippen LogP) is 3.74. The second-order valence-electron chi connectivity index (χ2n) is 5.81. The van der Waals surface area contributed by atoms with Crippen LogP contribution in [-0.4, -0.2) is 27.7 Å². The van der Waals surface area contributed by atoms with E-state index in [4.69, 9.17) is 12.2 Å². The molecule has 0 aliphatic carbocycles. The van der Waals surface area contributed by atoms with E-state index in [9.17, 15) is 4.79 Å². The van der Waals surface area contributed by atoms with Gasteiger partial charge in [0.1, 0.15) is 11.4 Å². The predicted molar refractivity (Wildman–Crippen MR) is 98.5 cm³/mol. The molecule has 0 bridgehead atoms. The van der Waals surface area contributed by atoms with Crippen molar-refractivity contribution in [3.63, 3.8) is 0 Å². The summed E-state index contributed by atoms with van der Waals surface area (Å²) in [5.74, 6) is 0.865. The second kappa shape index (κ2) is 5.65. The SMILES string of the molecule is Cc1ccc([C@@H]2SC[C@H]3C(=O)N(c4ccccc4)C(=S)N32)cc1. The Balaban J connectivity index is 1.68. The minimum atomic E-state index is -0.154. The van der Waals surface area contributed by atoms with Crippen LogP contribution in [0.4, 0.5) is 5.69 Å². The molecular weight excluding hydrogens is 324 g/mol. The van der Waals surface area contributed by atoms with E-state index in [0.717, 1.165) is 11.4 Å². The molecule has 0 radical (unpaired) electrons. The number of para-hydroxylation sites is 1. The quantitative estimate of drug-likeness (QED) is 0.777. The molecular formula is C18H16N2OS2. The van der Waals surface area contributed by atoms with Gasteiger partial charge in [-0.05, 0) is 36.8 Å². The summed E-state index contributed by atoms with van der Waals surface area (Å²) in [6.45, 7) is 2.08. The van der Waals surface area contributed by atoms with Gasteiger partial charge in [-0.15, -0.1) is 11.8 Å². The van der Waals surface area contributed by atoms with Gasteiger partial charge < -0.3 is 4.90 Å². The summed E-state index contributed by atoms with van der Waals surface area (Å²) in [5, 5.41) is 0.729. The number of carbonyl (C=O) groups is 1. The van der Waals surface area contributed by atoms with Crippen LogP contribution in [0.25, 0.3) is 0 Å². The third-order valence-corrected chi connectivity index (χ3v) is 6.01. The van der Waals surface area contributed by atoms with E-state index >= 15 is 0 Å². The number of hydrogen-bond donors (Lipinski definition) is 0. The van der Waals surface area contributed by atoms with Crippen LogP contribution in [0, 0.1) is 6.92 Å². The van der Waals surface area contributed by atoms with E-state index in [1.54, 1.807) is 16.7 Å². The number of fused-ring (bicyclic) bond motifs is 1. The van der Waals surface area contributed by atoms with Crippen LogP contribution in [0.5, 0.6) is 0 Å². The molecule has 2 aliphatic rings. The first-order valence-electron chi connectivity index (χ1n) is 7.56. The lowest BCUT2D eigenvalue weighted by atomic mass is 10.1. The van der Waals surface area contributed by atoms with Crippen LogP contribution in [0.15, 0.2) is 54.6 Å². The van der Waals surface area contributed by atoms with Crippen molar-refractivity contribution in [2.45, 2.75) is 18.3 Å². The topological polar surface area (TPSA) is 23.6 Å². The third-order valence-electron chi connectivity index (χ3n) is 4.29. The first-order valence-corrected chi connectivity index (χ1v) is 9.02. The van der Waals surface area contributed by atoms with Crippen LogP contribution >= 0.6 is 24.0 Å². The first kappa shape index (κ1) is 14.7. The largest absolute Gasteiger partial charge is 0.319 e. The molecule has 2 aromatic rings. The number of benzene rings is 2. The van der Waals surface area contributed by atoms with Gasteiger partial charge in [-0.1, -0.05) is 48.0 Å². The summed E-state index contributed by atoms with van der Waals surface area (Å²) in [6.07, 6.45) is 0. The van der Waals surface area contributed by atoms with Gasteiger partial charge in [0.05, 0.1) is 5.69 Å². The summed E-state index contributed by atoms with van der Waals surface area (Å²) in [7, 11) is 0. The average Bonchev–Trinajstić information content (AvgIpc) is 3.10. The van der Waals surface area contributed by atoms with Crippen LogP contribution in [0.1, 0.15) is 16.5 Å². The summed E-state index contributed by atoms with van der Waals surface area (Å²) in [6, 6.07) is 18.0. The Bertz CT molecular complexity index is 760. The molecule has 0 unspecified atom stereocenters. The zero-order valence-electron chi connectivity index (χ0n) is 12.7. The summed E-state index contributed by atoms with van der Waals surface area (Å²) in [5.41, 5.74) is 3.29. The highest BCUT2D eigenvalue weighted by Crippen LogP contribution is 2.46. The van der Waals surface area contributed by atoms with Gasteiger partial charge >= 0.3 is 0 Å². The minimum Gasteiger partial charge on any atom is -0.319 e. The molecule has 1 amide bonds. The standard InChI is InChI=1S/C18H16N2OS2/c1-12-7-9-13(10-8-12)17-20-15(11-23-17)16(21)19(18(20)22)14-5-3-2-4-6-14/h2-10,15,17H,11H2,1H3/t15-,17-/m0/s1. The molecule has 2 aromatic carbocycles. The van der Waals surface area contributed by atoms with Crippen molar-refractivity contribution >= 4 is 40.7 Å². The lowest BCUT2D eigenvalue weighted by molar-refractivity contribution is -0.119. The Morgan fingerprint density at radius 2 is 1.78 bits per heavy atom. The Kier molecular flexibility index (Phi) is 3.62. The highest BCUT2D eigenvalue weighted by Gasteiger charge is 2.50. The number of thiocarbonyl (C=S) groups is 1. The lowest BCUT2D eigenvalue weighted by Crippen LogP contribution is -2.33.